The Hall–Kier alpha value is -2.61. The number of nitrogens with one attached hydrogen (secondary N) is 2. The number of benzene rings is 1. The van der Waals surface area contributed by atoms with Crippen LogP contribution in [0, 0.1) is 0 Å². The number of aliphatic hydroxyl groups excluding tert-OH is 1. The number of fused-ring (bicyclic) bond motifs is 1. The molecule has 0 fully saturated rings. The van der Waals surface area contributed by atoms with Crippen LogP contribution in [0.2, 0.25) is 0 Å². The number of anilines is 1. The highest BCUT2D eigenvalue weighted by Gasteiger charge is 2.18. The molecule has 1 aromatic rings. The van der Waals surface area contributed by atoms with E-state index in [1.807, 2.05) is 0 Å². The number of hydrogen-bond acceptors (Lipinski definition) is 5. The predicted octanol–water partition coefficient (Wildman–Crippen LogP) is -1.41. The molecule has 5 N–H and O–H groups in total. The van der Waals surface area contributed by atoms with Crippen LogP contribution in [-0.2, 0) is 9.59 Å². The van der Waals surface area contributed by atoms with Crippen LogP contribution in [0.3, 0.4) is 0 Å². The molecule has 1 unspecified atom stereocenters. The Morgan fingerprint density at radius 3 is 2.95 bits per heavy atom. The molecule has 0 saturated carbocycles. The van der Waals surface area contributed by atoms with Crippen molar-refractivity contribution >= 4 is 23.4 Å². The lowest BCUT2D eigenvalue weighted by atomic mass is 10.1. The van der Waals surface area contributed by atoms with Crippen LogP contribution in [0.15, 0.2) is 18.2 Å². The average Bonchev–Trinajstić information content (AvgIpc) is 2.43. The molecule has 20 heavy (non-hydrogen) atoms. The summed E-state index contributed by atoms with van der Waals surface area (Å²) in [5.41, 5.74) is 5.62. The Kier molecular flexibility index (Phi) is 3.85. The van der Waals surface area contributed by atoms with Gasteiger partial charge in [0.05, 0.1) is 12.2 Å². The van der Waals surface area contributed by atoms with Crippen LogP contribution < -0.4 is 21.1 Å². The monoisotopic (exact) mass is 279 g/mol. The molecule has 0 aromatic heterocycles. The fourth-order valence-corrected chi connectivity index (χ4v) is 1.61. The van der Waals surface area contributed by atoms with Crippen molar-refractivity contribution in [1.82, 2.24) is 5.32 Å². The zero-order valence-corrected chi connectivity index (χ0v) is 10.4. The minimum atomic E-state index is -1.44. The summed E-state index contributed by atoms with van der Waals surface area (Å²) in [7, 11) is 0. The highest BCUT2D eigenvalue weighted by Crippen LogP contribution is 2.28. The van der Waals surface area contributed by atoms with E-state index in [2.05, 4.69) is 10.6 Å². The molecule has 1 aliphatic rings. The van der Waals surface area contributed by atoms with Gasteiger partial charge in [0, 0.05) is 5.56 Å². The number of rotatable bonds is 4. The van der Waals surface area contributed by atoms with E-state index in [9.17, 15) is 19.5 Å². The number of hydrogen-bond donors (Lipinski definition) is 4. The number of carbonyl (C=O) groups excluding carboxylic acids is 3. The summed E-state index contributed by atoms with van der Waals surface area (Å²) in [4.78, 5) is 33.5. The molecule has 0 radical (unpaired) electrons. The first-order valence-corrected chi connectivity index (χ1v) is 5.79. The Balaban J connectivity index is 2.04. The van der Waals surface area contributed by atoms with Gasteiger partial charge in [0.2, 0.25) is 5.91 Å². The Morgan fingerprint density at radius 1 is 1.50 bits per heavy atom. The third-order valence-corrected chi connectivity index (χ3v) is 2.66. The summed E-state index contributed by atoms with van der Waals surface area (Å²) in [5, 5.41) is 14.1. The van der Waals surface area contributed by atoms with Gasteiger partial charge in [0.1, 0.15) is 11.9 Å². The van der Waals surface area contributed by atoms with E-state index in [1.54, 1.807) is 0 Å². The van der Waals surface area contributed by atoms with Crippen molar-refractivity contribution in [2.75, 3.05) is 18.5 Å². The van der Waals surface area contributed by atoms with Crippen molar-refractivity contribution in [3.8, 4) is 5.75 Å². The van der Waals surface area contributed by atoms with E-state index in [1.165, 1.54) is 18.2 Å². The van der Waals surface area contributed by atoms with E-state index in [0.717, 1.165) is 0 Å². The zero-order chi connectivity index (χ0) is 14.7. The van der Waals surface area contributed by atoms with Crippen LogP contribution in [0.5, 0.6) is 5.75 Å². The molecule has 0 aliphatic carbocycles. The molecule has 1 atom stereocenters. The number of carbonyl (C=O) groups is 3. The maximum atomic E-state index is 11.8. The van der Waals surface area contributed by atoms with Gasteiger partial charge in [-0.05, 0) is 18.2 Å². The van der Waals surface area contributed by atoms with Crippen molar-refractivity contribution in [2.45, 2.75) is 6.10 Å². The number of ether oxygens (including phenoxy) is 1. The summed E-state index contributed by atoms with van der Waals surface area (Å²) < 4.78 is 5.17. The van der Waals surface area contributed by atoms with Crippen molar-refractivity contribution in [2.24, 2.45) is 5.73 Å². The fraction of sp³-hybridized carbons (Fsp3) is 0.250. The Labute approximate surface area is 113 Å². The normalized spacial score (nSPS) is 14.6. The van der Waals surface area contributed by atoms with Crippen molar-refractivity contribution in [3.05, 3.63) is 23.8 Å². The summed E-state index contributed by atoms with van der Waals surface area (Å²) in [6, 6.07) is 4.48. The molecule has 2 rings (SSSR count). The molecule has 1 aliphatic heterocycles. The van der Waals surface area contributed by atoms with Gasteiger partial charge in [-0.3, -0.25) is 14.4 Å². The van der Waals surface area contributed by atoms with Crippen molar-refractivity contribution in [1.29, 1.82) is 0 Å². The lowest BCUT2D eigenvalue weighted by Crippen LogP contribution is -2.40. The van der Waals surface area contributed by atoms with E-state index >= 15 is 0 Å². The minimum Gasteiger partial charge on any atom is -0.482 e. The molecule has 1 aromatic carbocycles. The third kappa shape index (κ3) is 3.04. The van der Waals surface area contributed by atoms with Gasteiger partial charge < -0.3 is 26.2 Å². The number of nitrogens with two attached hydrogens (primary N) is 1. The smallest absolute Gasteiger partial charge is 0.262 e. The SMILES string of the molecule is NC(=O)C(O)CNC(=O)c1ccc2c(c1)OCC(=O)N2. The molecular weight excluding hydrogens is 266 g/mol. The van der Waals surface area contributed by atoms with Gasteiger partial charge in [0.25, 0.3) is 11.8 Å². The number of amides is 3. The highest BCUT2D eigenvalue weighted by molar-refractivity contribution is 5.99. The second kappa shape index (κ2) is 5.57. The van der Waals surface area contributed by atoms with Gasteiger partial charge in [-0.15, -0.1) is 0 Å². The minimum absolute atomic E-state index is 0.113. The molecule has 0 saturated heterocycles. The summed E-state index contributed by atoms with van der Waals surface area (Å²) in [6.07, 6.45) is -1.44. The van der Waals surface area contributed by atoms with Gasteiger partial charge in [-0.2, -0.15) is 0 Å². The summed E-state index contributed by atoms with van der Waals surface area (Å²) >= 11 is 0. The second-order valence-corrected chi connectivity index (χ2v) is 4.18. The second-order valence-electron chi connectivity index (χ2n) is 4.18. The lowest BCUT2D eigenvalue weighted by molar-refractivity contribution is -0.125. The Bertz CT molecular complexity index is 572. The van der Waals surface area contributed by atoms with Crippen LogP contribution in [0.4, 0.5) is 5.69 Å². The molecular formula is C12H13N3O5. The fourth-order valence-electron chi connectivity index (χ4n) is 1.61. The summed E-state index contributed by atoms with van der Waals surface area (Å²) in [5.74, 6) is -1.29. The van der Waals surface area contributed by atoms with Crippen molar-refractivity contribution < 1.29 is 24.2 Å². The molecule has 106 valence electrons. The first kappa shape index (κ1) is 13.8. The predicted molar refractivity (Wildman–Crippen MR) is 68.1 cm³/mol. The molecule has 1 heterocycles. The maximum absolute atomic E-state index is 11.8. The van der Waals surface area contributed by atoms with E-state index in [4.69, 9.17) is 10.5 Å². The number of aliphatic hydroxyl groups is 1. The molecule has 0 spiro atoms. The van der Waals surface area contributed by atoms with Crippen LogP contribution in [-0.4, -0.2) is 42.1 Å². The average molecular weight is 279 g/mol. The quantitative estimate of drug-likeness (QED) is 0.538. The van der Waals surface area contributed by atoms with Crippen LogP contribution in [0.25, 0.3) is 0 Å². The topological polar surface area (TPSA) is 131 Å². The molecule has 0 bridgehead atoms. The first-order valence-electron chi connectivity index (χ1n) is 5.79. The maximum Gasteiger partial charge on any atom is 0.262 e. The Morgan fingerprint density at radius 2 is 2.25 bits per heavy atom. The summed E-state index contributed by atoms with van der Waals surface area (Å²) in [6.45, 7) is -0.388. The van der Waals surface area contributed by atoms with Gasteiger partial charge in [-0.1, -0.05) is 0 Å². The van der Waals surface area contributed by atoms with E-state index < -0.39 is 17.9 Å². The molecule has 3 amide bonds. The number of primary amides is 1. The van der Waals surface area contributed by atoms with Crippen LogP contribution >= 0.6 is 0 Å². The van der Waals surface area contributed by atoms with Crippen LogP contribution in [0.1, 0.15) is 10.4 Å². The van der Waals surface area contributed by atoms with Crippen molar-refractivity contribution in [3.63, 3.8) is 0 Å². The first-order chi connectivity index (χ1) is 9.47. The molecule has 8 heteroatoms. The van der Waals surface area contributed by atoms with Gasteiger partial charge >= 0.3 is 0 Å². The van der Waals surface area contributed by atoms with E-state index in [0.29, 0.717) is 11.4 Å². The zero-order valence-electron chi connectivity index (χ0n) is 10.4. The van der Waals surface area contributed by atoms with Gasteiger partial charge in [0.15, 0.2) is 6.61 Å². The van der Waals surface area contributed by atoms with E-state index in [-0.39, 0.29) is 24.6 Å². The lowest BCUT2D eigenvalue weighted by Gasteiger charge is -2.18. The largest absolute Gasteiger partial charge is 0.482 e. The standard InChI is InChI=1S/C12H13N3O5/c13-11(18)8(16)4-14-12(19)6-1-2-7-9(3-6)20-5-10(17)15-7/h1-3,8,16H,4-5H2,(H2,13,18)(H,14,19)(H,15,17). The highest BCUT2D eigenvalue weighted by atomic mass is 16.5. The third-order valence-electron chi connectivity index (χ3n) is 2.66. The van der Waals surface area contributed by atoms with Gasteiger partial charge in [-0.25, -0.2) is 0 Å². The molecule has 8 nitrogen and oxygen atoms in total.